The first-order valence-electron chi connectivity index (χ1n) is 11.7. The number of hydrogen-bond donors (Lipinski definition) is 0. The van der Waals surface area contributed by atoms with E-state index in [-0.39, 0.29) is 17.7 Å². The fourth-order valence-electron chi connectivity index (χ4n) is 4.76. The molecule has 0 radical (unpaired) electrons. The molecule has 4 heterocycles. The van der Waals surface area contributed by atoms with Gasteiger partial charge in [-0.3, -0.25) is 14.5 Å². The van der Waals surface area contributed by atoms with Crippen LogP contribution in [0, 0.1) is 19.8 Å². The molecule has 1 aliphatic carbocycles. The molecule has 9 heteroatoms. The molecule has 0 bridgehead atoms. The zero-order valence-electron chi connectivity index (χ0n) is 18.8. The molecule has 0 unspecified atom stereocenters. The summed E-state index contributed by atoms with van der Waals surface area (Å²) in [4.78, 5) is 43.2. The van der Waals surface area contributed by atoms with Gasteiger partial charge < -0.3 is 9.42 Å². The number of fused-ring (bicyclic) bond motifs is 1. The third kappa shape index (κ3) is 4.38. The van der Waals surface area contributed by atoms with Gasteiger partial charge in [0.25, 0.3) is 0 Å². The van der Waals surface area contributed by atoms with E-state index in [4.69, 9.17) is 14.5 Å². The van der Waals surface area contributed by atoms with Crippen LogP contribution in [0.25, 0.3) is 0 Å². The summed E-state index contributed by atoms with van der Waals surface area (Å²) >= 11 is 0. The fraction of sp³-hybridized carbons (Fsp3) is 0.652. The highest BCUT2D eigenvalue weighted by molar-refractivity contribution is 5.95. The predicted octanol–water partition coefficient (Wildman–Crippen LogP) is 2.50. The van der Waals surface area contributed by atoms with Crippen LogP contribution in [0.2, 0.25) is 0 Å². The number of rotatable bonds is 6. The van der Waals surface area contributed by atoms with Crippen molar-refractivity contribution >= 4 is 17.6 Å². The lowest BCUT2D eigenvalue weighted by molar-refractivity contribution is -0.132. The van der Waals surface area contributed by atoms with E-state index in [0.717, 1.165) is 48.8 Å². The van der Waals surface area contributed by atoms with Gasteiger partial charge in [-0.2, -0.15) is 4.98 Å². The minimum atomic E-state index is 0.0853. The number of aryl methyl sites for hydroxylation is 3. The van der Waals surface area contributed by atoms with Crippen molar-refractivity contribution in [3.05, 3.63) is 28.8 Å². The minimum Gasteiger partial charge on any atom is -0.342 e. The van der Waals surface area contributed by atoms with Crippen molar-refractivity contribution in [2.75, 3.05) is 24.5 Å². The summed E-state index contributed by atoms with van der Waals surface area (Å²) in [6.07, 6.45) is 6.30. The molecule has 2 amide bonds. The topological polar surface area (TPSA) is 105 Å². The standard InChI is InChI=1S/C23H30N6O3/c1-14-18-7-9-21(31)29(12-16-5-6-16)23(18)26-22(24-14)17-4-3-11-28(13-17)20(30)10-8-19-25-15(2)27-32-19/h16-17H,3-13H2,1-2H3/t17-/m0/s1. The first-order valence-corrected chi connectivity index (χ1v) is 11.7. The van der Waals surface area contributed by atoms with Crippen LogP contribution in [0.1, 0.15) is 73.2 Å². The number of likely N-dealkylation sites (tertiary alicyclic amines) is 1. The minimum absolute atomic E-state index is 0.0853. The maximum absolute atomic E-state index is 12.8. The van der Waals surface area contributed by atoms with Gasteiger partial charge in [0, 0.05) is 56.1 Å². The van der Waals surface area contributed by atoms with E-state index in [2.05, 4.69) is 10.1 Å². The number of aromatic nitrogens is 4. The first kappa shape index (κ1) is 21.0. The Bertz CT molecular complexity index is 1030. The molecule has 2 aromatic rings. The average molecular weight is 439 g/mol. The van der Waals surface area contributed by atoms with Crippen LogP contribution in [0.15, 0.2) is 4.52 Å². The highest BCUT2D eigenvalue weighted by Gasteiger charge is 2.34. The van der Waals surface area contributed by atoms with Crippen LogP contribution < -0.4 is 4.90 Å². The largest absolute Gasteiger partial charge is 0.342 e. The highest BCUT2D eigenvalue weighted by atomic mass is 16.5. The molecule has 3 aliphatic rings. The predicted molar refractivity (Wildman–Crippen MR) is 116 cm³/mol. The SMILES string of the molecule is Cc1noc(CCC(=O)N2CCC[C@H](c3nc(C)c4c(n3)N(CC3CC3)C(=O)CC4)C2)n1. The lowest BCUT2D eigenvalue weighted by Gasteiger charge is -2.34. The molecular formula is C23H30N6O3. The number of amides is 2. The quantitative estimate of drug-likeness (QED) is 0.682. The molecule has 170 valence electrons. The Hall–Kier alpha value is -2.84. The molecule has 32 heavy (non-hydrogen) atoms. The molecule has 1 saturated heterocycles. The Morgan fingerprint density at radius 3 is 2.72 bits per heavy atom. The molecule has 5 rings (SSSR count). The van der Waals surface area contributed by atoms with Gasteiger partial charge in [-0.25, -0.2) is 9.97 Å². The number of carbonyl (C=O) groups is 2. The Morgan fingerprint density at radius 2 is 1.97 bits per heavy atom. The van der Waals surface area contributed by atoms with E-state index in [1.165, 1.54) is 12.8 Å². The van der Waals surface area contributed by atoms with Crippen LogP contribution in [-0.2, 0) is 22.4 Å². The molecule has 2 aliphatic heterocycles. The van der Waals surface area contributed by atoms with Gasteiger partial charge in [-0.05, 0) is 51.9 Å². The van der Waals surface area contributed by atoms with Gasteiger partial charge in [0.1, 0.15) is 11.6 Å². The highest BCUT2D eigenvalue weighted by Crippen LogP contribution is 2.36. The Balaban J connectivity index is 1.30. The molecule has 1 atom stereocenters. The second-order valence-corrected chi connectivity index (χ2v) is 9.33. The lowest BCUT2D eigenvalue weighted by Crippen LogP contribution is -2.41. The molecular weight excluding hydrogens is 408 g/mol. The van der Waals surface area contributed by atoms with Gasteiger partial charge in [0.2, 0.25) is 17.7 Å². The smallest absolute Gasteiger partial charge is 0.228 e. The summed E-state index contributed by atoms with van der Waals surface area (Å²) in [6.45, 7) is 5.91. The number of piperidine rings is 1. The number of anilines is 1. The second kappa shape index (κ2) is 8.60. The van der Waals surface area contributed by atoms with Crippen LogP contribution in [0.4, 0.5) is 5.82 Å². The van der Waals surface area contributed by atoms with Gasteiger partial charge in [-0.15, -0.1) is 0 Å². The molecule has 2 fully saturated rings. The second-order valence-electron chi connectivity index (χ2n) is 9.33. The average Bonchev–Trinajstić information content (AvgIpc) is 3.52. The third-order valence-electron chi connectivity index (χ3n) is 6.75. The van der Waals surface area contributed by atoms with Gasteiger partial charge in [-0.1, -0.05) is 5.16 Å². The normalized spacial score (nSPS) is 21.1. The van der Waals surface area contributed by atoms with Crippen LogP contribution in [0.5, 0.6) is 0 Å². The summed E-state index contributed by atoms with van der Waals surface area (Å²) in [5.74, 6) is 3.61. The summed E-state index contributed by atoms with van der Waals surface area (Å²) in [6, 6.07) is 0. The van der Waals surface area contributed by atoms with E-state index in [1.807, 2.05) is 16.7 Å². The van der Waals surface area contributed by atoms with Crippen molar-refractivity contribution in [3.63, 3.8) is 0 Å². The van der Waals surface area contributed by atoms with Crippen molar-refractivity contribution in [1.82, 2.24) is 25.0 Å². The molecule has 9 nitrogen and oxygen atoms in total. The number of carbonyl (C=O) groups excluding carboxylic acids is 2. The van der Waals surface area contributed by atoms with Gasteiger partial charge >= 0.3 is 0 Å². The fourth-order valence-corrected chi connectivity index (χ4v) is 4.76. The van der Waals surface area contributed by atoms with E-state index >= 15 is 0 Å². The van der Waals surface area contributed by atoms with Crippen molar-refractivity contribution in [2.45, 2.75) is 71.1 Å². The lowest BCUT2D eigenvalue weighted by atomic mass is 9.95. The summed E-state index contributed by atoms with van der Waals surface area (Å²) in [5, 5.41) is 3.78. The zero-order valence-corrected chi connectivity index (χ0v) is 18.8. The maximum Gasteiger partial charge on any atom is 0.228 e. The maximum atomic E-state index is 12.8. The van der Waals surface area contributed by atoms with Crippen molar-refractivity contribution in [1.29, 1.82) is 0 Å². The zero-order chi connectivity index (χ0) is 22.2. The van der Waals surface area contributed by atoms with E-state index < -0.39 is 0 Å². The van der Waals surface area contributed by atoms with E-state index in [1.54, 1.807) is 6.92 Å². The molecule has 1 saturated carbocycles. The Kier molecular flexibility index (Phi) is 5.65. The number of nitrogens with zero attached hydrogens (tertiary/aromatic N) is 6. The van der Waals surface area contributed by atoms with Gasteiger partial charge in [0.05, 0.1) is 0 Å². The Labute approximate surface area is 187 Å². The van der Waals surface area contributed by atoms with Gasteiger partial charge in [0.15, 0.2) is 5.82 Å². The molecule has 2 aromatic heterocycles. The first-order chi connectivity index (χ1) is 15.5. The summed E-state index contributed by atoms with van der Waals surface area (Å²) < 4.78 is 5.12. The summed E-state index contributed by atoms with van der Waals surface area (Å²) in [5.41, 5.74) is 2.07. The molecule has 0 N–H and O–H groups in total. The van der Waals surface area contributed by atoms with Crippen LogP contribution in [0.3, 0.4) is 0 Å². The van der Waals surface area contributed by atoms with Crippen LogP contribution in [-0.4, -0.2) is 56.5 Å². The molecule has 0 spiro atoms. The van der Waals surface area contributed by atoms with E-state index in [9.17, 15) is 9.59 Å². The molecule has 0 aromatic carbocycles. The number of hydrogen-bond acceptors (Lipinski definition) is 7. The monoisotopic (exact) mass is 438 g/mol. The van der Waals surface area contributed by atoms with Crippen molar-refractivity contribution < 1.29 is 14.1 Å². The van der Waals surface area contributed by atoms with Crippen molar-refractivity contribution in [3.8, 4) is 0 Å². The van der Waals surface area contributed by atoms with E-state index in [0.29, 0.717) is 49.9 Å². The van der Waals surface area contributed by atoms with Crippen LogP contribution >= 0.6 is 0 Å². The summed E-state index contributed by atoms with van der Waals surface area (Å²) in [7, 11) is 0. The third-order valence-corrected chi connectivity index (χ3v) is 6.75. The Morgan fingerprint density at radius 1 is 1.12 bits per heavy atom. The van der Waals surface area contributed by atoms with Crippen molar-refractivity contribution in [2.24, 2.45) is 5.92 Å².